The summed E-state index contributed by atoms with van der Waals surface area (Å²) in [6, 6.07) is 5.87. The molecule has 2 aliphatic carbocycles. The number of fused-ring (bicyclic) bond motifs is 2. The summed E-state index contributed by atoms with van der Waals surface area (Å²) in [6.45, 7) is 3.75. The lowest BCUT2D eigenvalue weighted by molar-refractivity contribution is -0.147. The zero-order valence-corrected chi connectivity index (χ0v) is 15.6. The number of aliphatic carboxylic acids is 1. The summed E-state index contributed by atoms with van der Waals surface area (Å²) in [7, 11) is -3.63. The molecule has 0 aromatic heterocycles. The maximum absolute atomic E-state index is 12.9. The van der Waals surface area contributed by atoms with Crippen LogP contribution in [0.3, 0.4) is 0 Å². The summed E-state index contributed by atoms with van der Waals surface area (Å²) in [6.07, 6.45) is 7.65. The number of amides is 1. The number of hydrogen-bond donors (Lipinski definition) is 2. The third kappa shape index (κ3) is 3.75. The lowest BCUT2D eigenvalue weighted by Crippen LogP contribution is -2.41. The van der Waals surface area contributed by atoms with E-state index in [9.17, 15) is 23.1 Å². The van der Waals surface area contributed by atoms with Crippen LogP contribution >= 0.6 is 0 Å². The molecule has 7 nitrogen and oxygen atoms in total. The predicted molar refractivity (Wildman–Crippen MR) is 99.7 cm³/mol. The van der Waals surface area contributed by atoms with Crippen molar-refractivity contribution in [3.05, 3.63) is 49.1 Å². The van der Waals surface area contributed by atoms with Gasteiger partial charge in [-0.25, -0.2) is 0 Å². The van der Waals surface area contributed by atoms with Crippen LogP contribution in [0.4, 0.5) is 5.69 Å². The van der Waals surface area contributed by atoms with E-state index in [1.54, 1.807) is 6.08 Å². The number of nitrogens with one attached hydrogen (secondary N) is 1. The van der Waals surface area contributed by atoms with Gasteiger partial charge in [-0.2, -0.15) is 8.42 Å². The minimum atomic E-state index is -3.63. The second-order valence-electron chi connectivity index (χ2n) is 7.10. The highest BCUT2D eigenvalue weighted by Gasteiger charge is 2.59. The van der Waals surface area contributed by atoms with Crippen LogP contribution < -0.4 is 9.50 Å². The fourth-order valence-electron chi connectivity index (χ4n) is 4.26. The van der Waals surface area contributed by atoms with Gasteiger partial charge in [0.05, 0.1) is 18.1 Å². The van der Waals surface area contributed by atoms with Crippen LogP contribution in [0.2, 0.25) is 0 Å². The van der Waals surface area contributed by atoms with Crippen molar-refractivity contribution >= 4 is 27.7 Å². The van der Waals surface area contributed by atoms with Crippen molar-refractivity contribution in [2.45, 2.75) is 12.8 Å². The normalized spacial score (nSPS) is 28.7. The Morgan fingerprint density at radius 3 is 2.59 bits per heavy atom. The first-order valence-corrected chi connectivity index (χ1v) is 10.3. The smallest absolute Gasteiger partial charge is 0.307 e. The van der Waals surface area contributed by atoms with Crippen LogP contribution in [0, 0.1) is 23.2 Å². The number of allylic oxidation sites excluding steroid dienone is 3. The highest BCUT2D eigenvalue weighted by Crippen LogP contribution is 2.58. The number of hydrogen-bond acceptors (Lipinski definition) is 5. The molecule has 1 aromatic carbocycles. The molecule has 1 fully saturated rings. The van der Waals surface area contributed by atoms with Gasteiger partial charge in [0.25, 0.3) is 0 Å². The SMILES string of the molecule is C=CCC12C=CC(C1)C(C(=O)O)C2C(=O)Nc1ccc(OS(C)(=O)=O)cc1. The lowest BCUT2D eigenvalue weighted by Gasteiger charge is -2.33. The molecule has 0 saturated heterocycles. The molecule has 27 heavy (non-hydrogen) atoms. The van der Waals surface area contributed by atoms with Gasteiger partial charge in [0, 0.05) is 11.1 Å². The molecule has 1 aromatic rings. The number of benzene rings is 1. The van der Waals surface area contributed by atoms with Crippen molar-refractivity contribution in [1.29, 1.82) is 0 Å². The maximum Gasteiger partial charge on any atom is 0.307 e. The first kappa shape index (κ1) is 19.2. The van der Waals surface area contributed by atoms with E-state index in [-0.39, 0.29) is 17.6 Å². The summed E-state index contributed by atoms with van der Waals surface area (Å²) in [5.74, 6) is -2.86. The van der Waals surface area contributed by atoms with E-state index in [1.165, 1.54) is 24.3 Å². The molecular formula is C19H21NO6S. The average molecular weight is 391 g/mol. The van der Waals surface area contributed by atoms with Crippen LogP contribution in [-0.2, 0) is 19.7 Å². The number of carboxylic acid groups (broad SMARTS) is 1. The van der Waals surface area contributed by atoms with Gasteiger partial charge in [0.1, 0.15) is 5.75 Å². The maximum atomic E-state index is 12.9. The third-order valence-corrected chi connectivity index (χ3v) is 5.69. The number of carboxylic acids is 1. The van der Waals surface area contributed by atoms with Crippen molar-refractivity contribution in [3.63, 3.8) is 0 Å². The molecule has 3 rings (SSSR count). The summed E-state index contributed by atoms with van der Waals surface area (Å²) in [5, 5.41) is 12.4. The highest BCUT2D eigenvalue weighted by atomic mass is 32.2. The van der Waals surface area contributed by atoms with Crippen LogP contribution in [0.25, 0.3) is 0 Å². The van der Waals surface area contributed by atoms with E-state index in [4.69, 9.17) is 4.18 Å². The summed E-state index contributed by atoms with van der Waals surface area (Å²) >= 11 is 0. The molecule has 1 amide bonds. The fraction of sp³-hybridized carbons (Fsp3) is 0.368. The molecule has 2 aliphatic rings. The second-order valence-corrected chi connectivity index (χ2v) is 8.67. The topological polar surface area (TPSA) is 110 Å². The van der Waals surface area contributed by atoms with E-state index in [2.05, 4.69) is 11.9 Å². The van der Waals surface area contributed by atoms with E-state index in [0.29, 0.717) is 18.5 Å². The molecule has 4 unspecified atom stereocenters. The minimum Gasteiger partial charge on any atom is -0.481 e. The molecular weight excluding hydrogens is 370 g/mol. The molecule has 8 heteroatoms. The average Bonchev–Trinajstić information content (AvgIpc) is 3.11. The molecule has 0 spiro atoms. The Kier molecular flexibility index (Phi) is 4.86. The highest BCUT2D eigenvalue weighted by molar-refractivity contribution is 7.86. The predicted octanol–water partition coefficient (Wildman–Crippen LogP) is 2.43. The van der Waals surface area contributed by atoms with Gasteiger partial charge in [-0.05, 0) is 43.0 Å². The van der Waals surface area contributed by atoms with Crippen molar-refractivity contribution in [2.75, 3.05) is 11.6 Å². The number of carbonyl (C=O) groups excluding carboxylic acids is 1. The Morgan fingerprint density at radius 2 is 2.04 bits per heavy atom. The molecule has 144 valence electrons. The van der Waals surface area contributed by atoms with Crippen LogP contribution in [0.1, 0.15) is 12.8 Å². The summed E-state index contributed by atoms with van der Waals surface area (Å²) < 4.78 is 27.1. The Hall–Kier alpha value is -2.61. The van der Waals surface area contributed by atoms with Gasteiger partial charge in [-0.3, -0.25) is 9.59 Å². The van der Waals surface area contributed by atoms with Crippen LogP contribution in [-0.4, -0.2) is 31.7 Å². The standard InChI is InChI=1S/C19H21NO6S/c1-3-9-19-10-8-12(11-19)15(18(22)23)16(19)17(21)20-13-4-6-14(7-5-13)26-27(2,24)25/h3-8,10,12,15-16H,1,9,11H2,2H3,(H,20,21)(H,22,23). The van der Waals surface area contributed by atoms with Crippen LogP contribution in [0.15, 0.2) is 49.1 Å². The van der Waals surface area contributed by atoms with Crippen molar-refractivity contribution in [1.82, 2.24) is 0 Å². The molecule has 2 N–H and O–H groups in total. The number of rotatable bonds is 7. The largest absolute Gasteiger partial charge is 0.481 e. The van der Waals surface area contributed by atoms with E-state index in [0.717, 1.165) is 6.26 Å². The van der Waals surface area contributed by atoms with Crippen LogP contribution in [0.5, 0.6) is 5.75 Å². The molecule has 2 bridgehead atoms. The van der Waals surface area contributed by atoms with E-state index < -0.39 is 33.3 Å². The van der Waals surface area contributed by atoms with Crippen molar-refractivity contribution in [3.8, 4) is 5.75 Å². The lowest BCUT2D eigenvalue weighted by atomic mass is 9.71. The number of carbonyl (C=O) groups is 2. The quantitative estimate of drug-likeness (QED) is 0.546. The molecule has 1 saturated carbocycles. The van der Waals surface area contributed by atoms with Gasteiger partial charge >= 0.3 is 16.1 Å². The fourth-order valence-corrected chi connectivity index (χ4v) is 4.72. The molecule has 0 heterocycles. The number of anilines is 1. The summed E-state index contributed by atoms with van der Waals surface area (Å²) in [5.41, 5.74) is -0.0932. The monoisotopic (exact) mass is 391 g/mol. The van der Waals surface area contributed by atoms with Crippen molar-refractivity contribution < 1.29 is 27.3 Å². The van der Waals surface area contributed by atoms with E-state index >= 15 is 0 Å². The molecule has 4 atom stereocenters. The summed E-state index contributed by atoms with van der Waals surface area (Å²) in [4.78, 5) is 24.7. The Bertz CT molecular complexity index is 905. The van der Waals surface area contributed by atoms with Gasteiger partial charge < -0.3 is 14.6 Å². The first-order chi connectivity index (χ1) is 12.6. The Morgan fingerprint density at radius 1 is 1.37 bits per heavy atom. The zero-order valence-electron chi connectivity index (χ0n) is 14.8. The van der Waals surface area contributed by atoms with E-state index in [1.807, 2.05) is 12.2 Å². The Balaban J connectivity index is 1.80. The van der Waals surface area contributed by atoms with Gasteiger partial charge in [0.2, 0.25) is 5.91 Å². The van der Waals surface area contributed by atoms with Gasteiger partial charge in [0.15, 0.2) is 0 Å². The zero-order chi connectivity index (χ0) is 19.8. The Labute approximate surface area is 157 Å². The van der Waals surface area contributed by atoms with Gasteiger partial charge in [-0.15, -0.1) is 6.58 Å². The minimum absolute atomic E-state index is 0.130. The third-order valence-electron chi connectivity index (χ3n) is 5.19. The van der Waals surface area contributed by atoms with Gasteiger partial charge in [-0.1, -0.05) is 18.2 Å². The molecule has 0 radical (unpaired) electrons. The second kappa shape index (κ2) is 6.84. The first-order valence-electron chi connectivity index (χ1n) is 8.49. The molecule has 0 aliphatic heterocycles. The van der Waals surface area contributed by atoms with Crippen molar-refractivity contribution in [2.24, 2.45) is 23.2 Å².